The van der Waals surface area contributed by atoms with Gasteiger partial charge in [0.15, 0.2) is 0 Å². The zero-order valence-electron chi connectivity index (χ0n) is 13.4. The monoisotopic (exact) mass is 324 g/mol. The van der Waals surface area contributed by atoms with Crippen molar-refractivity contribution in [2.24, 2.45) is 5.14 Å². The predicted molar refractivity (Wildman–Crippen MR) is 86.3 cm³/mol. The molecule has 0 aliphatic carbocycles. The van der Waals surface area contributed by atoms with Crippen molar-refractivity contribution in [3.05, 3.63) is 28.8 Å². The molecule has 0 bridgehead atoms. The number of sulfonamides is 1. The summed E-state index contributed by atoms with van der Waals surface area (Å²) < 4.78 is 23.4. The maximum absolute atomic E-state index is 12.9. The van der Waals surface area contributed by atoms with E-state index in [1.807, 2.05) is 11.8 Å². The highest BCUT2D eigenvalue weighted by Crippen LogP contribution is 2.25. The highest BCUT2D eigenvalue weighted by molar-refractivity contribution is 7.89. The first-order valence-corrected chi connectivity index (χ1v) is 9.25. The normalized spacial score (nSPS) is 19.3. The minimum Gasteiger partial charge on any atom is -0.336 e. The molecule has 22 heavy (non-hydrogen) atoms. The second kappa shape index (κ2) is 6.38. The van der Waals surface area contributed by atoms with Gasteiger partial charge in [-0.05, 0) is 56.7 Å². The number of aryl methyl sites for hydroxylation is 2. The molecule has 1 aromatic carbocycles. The molecule has 0 spiro atoms. The number of hydrogen-bond acceptors (Lipinski definition) is 3. The van der Waals surface area contributed by atoms with E-state index in [1.165, 1.54) is 6.07 Å². The van der Waals surface area contributed by atoms with E-state index in [2.05, 4.69) is 6.92 Å². The molecule has 2 N–H and O–H groups in total. The molecule has 0 radical (unpaired) electrons. The van der Waals surface area contributed by atoms with Gasteiger partial charge in [0.1, 0.15) is 0 Å². The first-order chi connectivity index (χ1) is 10.3. The van der Waals surface area contributed by atoms with Crippen LogP contribution in [0, 0.1) is 13.8 Å². The van der Waals surface area contributed by atoms with Crippen molar-refractivity contribution in [3.63, 3.8) is 0 Å². The number of nitrogens with zero attached hydrogens (tertiary/aromatic N) is 1. The molecule has 1 fully saturated rings. The smallest absolute Gasteiger partial charge is 0.254 e. The van der Waals surface area contributed by atoms with E-state index in [-0.39, 0.29) is 16.8 Å². The Balaban J connectivity index is 2.45. The van der Waals surface area contributed by atoms with Gasteiger partial charge in [-0.1, -0.05) is 13.0 Å². The third-order valence-electron chi connectivity index (χ3n) is 4.42. The Hall–Kier alpha value is -1.40. The van der Waals surface area contributed by atoms with Crippen LogP contribution < -0.4 is 5.14 Å². The van der Waals surface area contributed by atoms with Crippen molar-refractivity contribution in [2.75, 3.05) is 6.54 Å². The number of nitrogens with two attached hydrogens (primary N) is 1. The average Bonchev–Trinajstić information content (AvgIpc) is 2.45. The van der Waals surface area contributed by atoms with Crippen molar-refractivity contribution < 1.29 is 13.2 Å². The summed E-state index contributed by atoms with van der Waals surface area (Å²) in [5.41, 5.74) is 1.80. The van der Waals surface area contributed by atoms with Crippen molar-refractivity contribution in [3.8, 4) is 0 Å². The van der Waals surface area contributed by atoms with E-state index in [0.717, 1.165) is 37.8 Å². The molecule has 1 heterocycles. The molecule has 1 aliphatic heterocycles. The zero-order valence-corrected chi connectivity index (χ0v) is 14.2. The average molecular weight is 324 g/mol. The lowest BCUT2D eigenvalue weighted by Crippen LogP contribution is -2.43. The highest BCUT2D eigenvalue weighted by Gasteiger charge is 2.28. The number of benzene rings is 1. The third-order valence-corrected chi connectivity index (χ3v) is 5.47. The Labute approximate surface area is 132 Å². The van der Waals surface area contributed by atoms with Gasteiger partial charge in [0.2, 0.25) is 10.0 Å². The minimum atomic E-state index is -3.83. The maximum Gasteiger partial charge on any atom is 0.254 e. The maximum atomic E-state index is 12.9. The Morgan fingerprint density at radius 1 is 1.27 bits per heavy atom. The van der Waals surface area contributed by atoms with Crippen molar-refractivity contribution in [1.82, 2.24) is 4.90 Å². The molecule has 0 saturated carbocycles. The highest BCUT2D eigenvalue weighted by atomic mass is 32.2. The fourth-order valence-electron chi connectivity index (χ4n) is 3.22. The molecule has 1 atom stereocenters. The van der Waals surface area contributed by atoms with Crippen LogP contribution in [-0.4, -0.2) is 31.8 Å². The largest absolute Gasteiger partial charge is 0.336 e. The predicted octanol–water partition coefficient (Wildman–Crippen LogP) is 2.36. The van der Waals surface area contributed by atoms with Crippen LogP contribution >= 0.6 is 0 Å². The number of likely N-dealkylation sites (tertiary alicyclic amines) is 1. The number of carbonyl (C=O) groups is 1. The van der Waals surface area contributed by atoms with Crippen LogP contribution in [-0.2, 0) is 10.0 Å². The minimum absolute atomic E-state index is 0.0338. The molecule has 1 aliphatic rings. The van der Waals surface area contributed by atoms with Crippen molar-refractivity contribution in [1.29, 1.82) is 0 Å². The zero-order chi connectivity index (χ0) is 16.5. The van der Waals surface area contributed by atoms with Gasteiger partial charge in [-0.25, -0.2) is 13.6 Å². The number of piperidine rings is 1. The van der Waals surface area contributed by atoms with Crippen LogP contribution in [0.4, 0.5) is 0 Å². The summed E-state index contributed by atoms with van der Waals surface area (Å²) in [5, 5.41) is 5.26. The third kappa shape index (κ3) is 3.33. The van der Waals surface area contributed by atoms with E-state index in [9.17, 15) is 13.2 Å². The summed E-state index contributed by atoms with van der Waals surface area (Å²) >= 11 is 0. The van der Waals surface area contributed by atoms with Gasteiger partial charge >= 0.3 is 0 Å². The number of carbonyl (C=O) groups excluding carboxylic acids is 1. The summed E-state index contributed by atoms with van der Waals surface area (Å²) in [6, 6.07) is 3.39. The molecule has 5 nitrogen and oxygen atoms in total. The lowest BCUT2D eigenvalue weighted by molar-refractivity contribution is 0.0607. The lowest BCUT2D eigenvalue weighted by atomic mass is 9.97. The summed E-state index contributed by atoms with van der Waals surface area (Å²) in [6.07, 6.45) is 4.06. The fraction of sp³-hybridized carbons (Fsp3) is 0.562. The number of amides is 1. The van der Waals surface area contributed by atoms with Gasteiger partial charge in [-0.3, -0.25) is 4.79 Å². The van der Waals surface area contributed by atoms with Gasteiger partial charge in [-0.2, -0.15) is 0 Å². The molecule has 1 amide bonds. The van der Waals surface area contributed by atoms with Gasteiger partial charge in [0.25, 0.3) is 5.91 Å². The van der Waals surface area contributed by atoms with E-state index in [4.69, 9.17) is 5.14 Å². The molecule has 6 heteroatoms. The van der Waals surface area contributed by atoms with Gasteiger partial charge in [0, 0.05) is 18.2 Å². The molecule has 1 unspecified atom stereocenters. The lowest BCUT2D eigenvalue weighted by Gasteiger charge is -2.35. The fourth-order valence-corrected chi connectivity index (χ4v) is 4.01. The molecule has 122 valence electrons. The summed E-state index contributed by atoms with van der Waals surface area (Å²) in [6.45, 7) is 6.33. The molecule has 1 saturated heterocycles. The van der Waals surface area contributed by atoms with Crippen molar-refractivity contribution in [2.45, 2.75) is 57.4 Å². The first-order valence-electron chi connectivity index (χ1n) is 7.70. The molecular weight excluding hydrogens is 300 g/mol. The number of primary sulfonamides is 1. The van der Waals surface area contributed by atoms with Crippen LogP contribution in [0.2, 0.25) is 0 Å². The summed E-state index contributed by atoms with van der Waals surface area (Å²) in [7, 11) is -3.83. The van der Waals surface area contributed by atoms with E-state index in [0.29, 0.717) is 11.1 Å². The van der Waals surface area contributed by atoms with Gasteiger partial charge in [-0.15, -0.1) is 0 Å². The molecule has 0 aromatic heterocycles. The Morgan fingerprint density at radius 2 is 1.95 bits per heavy atom. The van der Waals surface area contributed by atoms with E-state index >= 15 is 0 Å². The molecule has 1 aromatic rings. The quantitative estimate of drug-likeness (QED) is 0.926. The Morgan fingerprint density at radius 3 is 2.55 bits per heavy atom. The molecule has 2 rings (SSSR count). The Kier molecular flexibility index (Phi) is 4.92. The van der Waals surface area contributed by atoms with Crippen LogP contribution in [0.1, 0.15) is 54.1 Å². The van der Waals surface area contributed by atoms with Gasteiger partial charge in [0.05, 0.1) is 4.90 Å². The second-order valence-corrected chi connectivity index (χ2v) is 7.56. The molecular formula is C16H24N2O3S. The van der Waals surface area contributed by atoms with Crippen molar-refractivity contribution >= 4 is 15.9 Å². The van der Waals surface area contributed by atoms with Crippen LogP contribution in [0.25, 0.3) is 0 Å². The summed E-state index contributed by atoms with van der Waals surface area (Å²) in [5.74, 6) is -0.0889. The van der Waals surface area contributed by atoms with Crippen LogP contribution in [0.5, 0.6) is 0 Å². The Bertz CT molecular complexity index is 683. The van der Waals surface area contributed by atoms with Crippen LogP contribution in [0.3, 0.4) is 0 Å². The standard InChI is InChI=1S/C16H24N2O3S/c1-4-13-7-5-6-8-18(13)16(19)14-10-15(22(17,20)21)12(3)9-11(14)2/h9-10,13H,4-8H2,1-3H3,(H2,17,20,21). The first kappa shape index (κ1) is 17.0. The van der Waals surface area contributed by atoms with Crippen LogP contribution in [0.15, 0.2) is 17.0 Å². The topological polar surface area (TPSA) is 80.5 Å². The van der Waals surface area contributed by atoms with E-state index < -0.39 is 10.0 Å². The van der Waals surface area contributed by atoms with Gasteiger partial charge < -0.3 is 4.90 Å². The van der Waals surface area contributed by atoms with E-state index in [1.54, 1.807) is 13.0 Å². The summed E-state index contributed by atoms with van der Waals surface area (Å²) in [4.78, 5) is 14.8. The SMILES string of the molecule is CCC1CCCCN1C(=O)c1cc(S(N)(=O)=O)c(C)cc1C. The second-order valence-electron chi connectivity index (χ2n) is 6.03. The number of rotatable bonds is 3. The number of hydrogen-bond donors (Lipinski definition) is 1.